The normalized spacial score (nSPS) is 12.6. The van der Waals surface area contributed by atoms with Crippen LogP contribution in [0, 0.1) is 0 Å². The zero-order chi connectivity index (χ0) is 26.5. The van der Waals surface area contributed by atoms with E-state index in [1.54, 1.807) is 11.0 Å². The average molecular weight is 578 g/mol. The Labute approximate surface area is 212 Å². The molecule has 0 amide bonds. The molecule has 0 aliphatic heterocycles. The molecule has 8 nitrogen and oxygen atoms in total. The van der Waals surface area contributed by atoms with Crippen molar-refractivity contribution < 1.29 is 30.0 Å². The molecular formula is C21H15ClF3N3O5S3. The molecule has 4 rings (SSSR count). The Kier molecular flexibility index (Phi) is 6.58. The molecule has 1 heterocycles. The summed E-state index contributed by atoms with van der Waals surface area (Å²) >= 11 is 6.47. The second-order valence-corrected chi connectivity index (χ2v) is 12.3. The van der Waals surface area contributed by atoms with Crippen molar-refractivity contribution in [3.05, 3.63) is 80.8 Å². The predicted octanol–water partition coefficient (Wildman–Crippen LogP) is 4.87. The summed E-state index contributed by atoms with van der Waals surface area (Å²) in [5.41, 5.74) is -1.23. The first-order valence-corrected chi connectivity index (χ1v) is 13.9. The fraction of sp³-hybridized carbons (Fsp3) is 0.0952. The highest BCUT2D eigenvalue weighted by atomic mass is 35.5. The molecule has 2 N–H and O–H groups in total. The standard InChI is InChI=1S/C21H15ClF3N3O5S3/c1-28-19-9-7-12(10-14(19)20(29)34-28)35(30,31)26-17-4-2-3-5-18(17)27-36(32,33)13-6-8-16(22)15(11-13)21(23,24)25/h2-11,26-27H,1H3. The van der Waals surface area contributed by atoms with Crippen molar-refractivity contribution in [2.45, 2.75) is 16.0 Å². The van der Waals surface area contributed by atoms with Crippen molar-refractivity contribution in [2.75, 3.05) is 9.44 Å². The highest BCUT2D eigenvalue weighted by Gasteiger charge is 2.34. The van der Waals surface area contributed by atoms with Gasteiger partial charge >= 0.3 is 6.18 Å². The number of alkyl halides is 3. The van der Waals surface area contributed by atoms with Crippen molar-refractivity contribution in [1.29, 1.82) is 0 Å². The summed E-state index contributed by atoms with van der Waals surface area (Å²) in [5, 5.41) is -0.477. The Morgan fingerprint density at radius 2 is 1.39 bits per heavy atom. The predicted molar refractivity (Wildman–Crippen MR) is 132 cm³/mol. The van der Waals surface area contributed by atoms with Crippen LogP contribution in [-0.4, -0.2) is 20.8 Å². The molecule has 0 fully saturated rings. The Morgan fingerprint density at radius 1 is 0.861 bits per heavy atom. The van der Waals surface area contributed by atoms with Gasteiger partial charge in [-0.05, 0) is 60.1 Å². The maximum Gasteiger partial charge on any atom is 0.417 e. The van der Waals surface area contributed by atoms with Gasteiger partial charge in [0, 0.05) is 7.05 Å². The number of aromatic nitrogens is 1. The minimum Gasteiger partial charge on any atom is -0.297 e. The van der Waals surface area contributed by atoms with Gasteiger partial charge in [-0.1, -0.05) is 23.7 Å². The first-order chi connectivity index (χ1) is 16.7. The summed E-state index contributed by atoms with van der Waals surface area (Å²) in [6, 6.07) is 11.4. The molecule has 0 saturated heterocycles. The van der Waals surface area contributed by atoms with Crippen molar-refractivity contribution >= 4 is 65.5 Å². The zero-order valence-electron chi connectivity index (χ0n) is 18.0. The number of sulfonamides is 2. The van der Waals surface area contributed by atoms with E-state index in [1.807, 2.05) is 0 Å². The van der Waals surface area contributed by atoms with E-state index in [0.717, 1.165) is 23.7 Å². The van der Waals surface area contributed by atoms with E-state index in [0.29, 0.717) is 11.6 Å². The van der Waals surface area contributed by atoms with Crippen LogP contribution in [0.3, 0.4) is 0 Å². The van der Waals surface area contributed by atoms with Crippen molar-refractivity contribution in [2.24, 2.45) is 7.05 Å². The number of hydrogen-bond acceptors (Lipinski definition) is 6. The van der Waals surface area contributed by atoms with Gasteiger partial charge in [-0.3, -0.25) is 18.2 Å². The van der Waals surface area contributed by atoms with Crippen LogP contribution in [0.1, 0.15) is 5.56 Å². The van der Waals surface area contributed by atoms with E-state index in [4.69, 9.17) is 11.6 Å². The van der Waals surface area contributed by atoms with Crippen LogP contribution in [0.15, 0.2) is 75.2 Å². The third-order valence-electron chi connectivity index (χ3n) is 5.03. The van der Waals surface area contributed by atoms with Crippen LogP contribution >= 0.6 is 23.1 Å². The fourth-order valence-corrected chi connectivity index (χ4v) is 6.50. The highest BCUT2D eigenvalue weighted by Crippen LogP contribution is 2.36. The molecule has 4 aromatic rings. The molecule has 0 spiro atoms. The van der Waals surface area contributed by atoms with Crippen LogP contribution in [0.25, 0.3) is 10.9 Å². The van der Waals surface area contributed by atoms with E-state index < -0.39 is 41.7 Å². The molecule has 0 unspecified atom stereocenters. The molecule has 0 bridgehead atoms. The van der Waals surface area contributed by atoms with E-state index in [-0.39, 0.29) is 26.4 Å². The molecular weight excluding hydrogens is 563 g/mol. The minimum atomic E-state index is -4.89. The number of para-hydroxylation sites is 2. The number of nitrogens with one attached hydrogen (secondary N) is 2. The molecule has 36 heavy (non-hydrogen) atoms. The van der Waals surface area contributed by atoms with Crippen LogP contribution < -0.4 is 14.2 Å². The van der Waals surface area contributed by atoms with Gasteiger partial charge in [0.15, 0.2) is 0 Å². The summed E-state index contributed by atoms with van der Waals surface area (Å²) < 4.78 is 96.8. The molecule has 0 aliphatic rings. The van der Waals surface area contributed by atoms with E-state index in [2.05, 4.69) is 9.44 Å². The second-order valence-electron chi connectivity index (χ2n) is 7.45. The Hall–Kier alpha value is -3.07. The third kappa shape index (κ3) is 5.07. The van der Waals surface area contributed by atoms with E-state index in [1.165, 1.54) is 42.5 Å². The third-order valence-corrected chi connectivity index (χ3v) is 8.94. The van der Waals surface area contributed by atoms with Crippen LogP contribution in [-0.2, 0) is 33.3 Å². The monoisotopic (exact) mass is 577 g/mol. The number of benzene rings is 3. The number of nitrogens with zero attached hydrogens (tertiary/aromatic N) is 1. The number of fused-ring (bicyclic) bond motifs is 1. The summed E-state index contributed by atoms with van der Waals surface area (Å²) in [6.45, 7) is 0. The SMILES string of the molecule is Cn1sc(=O)c2cc(S(=O)(=O)Nc3ccccc3NS(=O)(=O)c3ccc(Cl)c(C(F)(F)F)c3)ccc21. The lowest BCUT2D eigenvalue weighted by molar-refractivity contribution is -0.137. The molecule has 0 saturated carbocycles. The number of rotatable bonds is 6. The zero-order valence-corrected chi connectivity index (χ0v) is 21.2. The molecule has 0 aliphatic carbocycles. The highest BCUT2D eigenvalue weighted by molar-refractivity contribution is 7.93. The van der Waals surface area contributed by atoms with E-state index >= 15 is 0 Å². The van der Waals surface area contributed by atoms with Gasteiger partial charge in [0.05, 0.1) is 42.7 Å². The lowest BCUT2D eigenvalue weighted by Gasteiger charge is -2.16. The fourth-order valence-electron chi connectivity index (χ4n) is 3.30. The maximum atomic E-state index is 13.2. The molecule has 0 radical (unpaired) electrons. The largest absolute Gasteiger partial charge is 0.417 e. The molecule has 3 aromatic carbocycles. The number of aryl methyl sites for hydroxylation is 1. The molecule has 15 heteroatoms. The molecule has 1 aromatic heterocycles. The van der Waals surface area contributed by atoms with Gasteiger partial charge in [-0.15, -0.1) is 0 Å². The van der Waals surface area contributed by atoms with Crippen molar-refractivity contribution in [3.8, 4) is 0 Å². The smallest absolute Gasteiger partial charge is 0.297 e. The van der Waals surface area contributed by atoms with Gasteiger partial charge in [0.2, 0.25) is 0 Å². The van der Waals surface area contributed by atoms with Crippen molar-refractivity contribution in [3.63, 3.8) is 0 Å². The second kappa shape index (κ2) is 9.10. The van der Waals surface area contributed by atoms with Crippen LogP contribution in [0.4, 0.5) is 24.5 Å². The van der Waals surface area contributed by atoms with E-state index in [9.17, 15) is 34.8 Å². The van der Waals surface area contributed by atoms with Crippen molar-refractivity contribution in [1.82, 2.24) is 3.96 Å². The molecule has 190 valence electrons. The Bertz CT molecular complexity index is 1760. The minimum absolute atomic E-state index is 0.190. The Morgan fingerprint density at radius 3 is 1.94 bits per heavy atom. The van der Waals surface area contributed by atoms with Gasteiger partial charge in [-0.25, -0.2) is 16.8 Å². The summed E-state index contributed by atoms with van der Waals surface area (Å²) in [6.07, 6.45) is -4.89. The summed E-state index contributed by atoms with van der Waals surface area (Å²) in [4.78, 5) is 11.2. The average Bonchev–Trinajstić information content (AvgIpc) is 3.07. The number of hydrogen-bond donors (Lipinski definition) is 2. The topological polar surface area (TPSA) is 114 Å². The summed E-state index contributed by atoms with van der Waals surface area (Å²) in [5.74, 6) is 0. The first kappa shape index (κ1) is 26.0. The lowest BCUT2D eigenvalue weighted by atomic mass is 10.2. The van der Waals surface area contributed by atoms with Gasteiger partial charge in [0.25, 0.3) is 24.8 Å². The van der Waals surface area contributed by atoms with Crippen LogP contribution in [0.2, 0.25) is 5.02 Å². The van der Waals surface area contributed by atoms with Gasteiger partial charge in [-0.2, -0.15) is 13.2 Å². The number of halogens is 4. The quantitative estimate of drug-likeness (QED) is 0.339. The van der Waals surface area contributed by atoms with Gasteiger partial charge < -0.3 is 0 Å². The number of anilines is 2. The Balaban J connectivity index is 1.68. The first-order valence-electron chi connectivity index (χ1n) is 9.80. The maximum absolute atomic E-state index is 13.2. The summed E-state index contributed by atoms with van der Waals surface area (Å²) in [7, 11) is -7.20. The van der Waals surface area contributed by atoms with Gasteiger partial charge in [0.1, 0.15) is 0 Å². The molecule has 0 atom stereocenters. The van der Waals surface area contributed by atoms with Crippen LogP contribution in [0.5, 0.6) is 0 Å². The lowest BCUT2D eigenvalue weighted by Crippen LogP contribution is -2.18.